The van der Waals surface area contributed by atoms with E-state index in [1.807, 2.05) is 12.1 Å². The molecule has 11 heteroatoms. The number of nitrogens with zero attached hydrogens (tertiary/aromatic N) is 2. The molecule has 5 rings (SSSR count). The monoisotopic (exact) mass is 556 g/mol. The molecule has 2 aromatic rings. The van der Waals surface area contributed by atoms with E-state index in [4.69, 9.17) is 16.3 Å². The van der Waals surface area contributed by atoms with Gasteiger partial charge in [-0.15, -0.1) is 0 Å². The Morgan fingerprint density at radius 1 is 1.16 bits per heavy atom. The molecule has 3 aliphatic heterocycles. The minimum Gasteiger partial charge on any atom is -0.491 e. The second kappa shape index (κ2) is 9.10. The van der Waals surface area contributed by atoms with E-state index in [-0.39, 0.29) is 25.3 Å². The SMILES string of the molecule is CN1C(=O)[C@@H](F)C[C@H]1C(=O)N1CCC2(Cc3ccc(Cl)cc3)c3ccc(C(C)(F)C(F)(F)F)cc3OCC12. The van der Waals surface area contributed by atoms with Crippen LogP contribution in [0.2, 0.25) is 5.02 Å². The maximum atomic E-state index is 14.8. The lowest BCUT2D eigenvalue weighted by atomic mass is 9.68. The first-order valence-corrected chi connectivity index (χ1v) is 12.6. The van der Waals surface area contributed by atoms with Gasteiger partial charge < -0.3 is 14.5 Å². The van der Waals surface area contributed by atoms with Crippen molar-refractivity contribution in [1.29, 1.82) is 0 Å². The van der Waals surface area contributed by atoms with Crippen molar-refractivity contribution < 1.29 is 36.3 Å². The Hall–Kier alpha value is -2.88. The van der Waals surface area contributed by atoms with Crippen molar-refractivity contribution in [2.45, 2.75) is 61.7 Å². The lowest BCUT2D eigenvalue weighted by Gasteiger charge is -2.44. The molecule has 204 valence electrons. The van der Waals surface area contributed by atoms with Gasteiger partial charge >= 0.3 is 6.18 Å². The summed E-state index contributed by atoms with van der Waals surface area (Å²) < 4.78 is 75.0. The summed E-state index contributed by atoms with van der Waals surface area (Å²) in [4.78, 5) is 28.3. The third kappa shape index (κ3) is 4.12. The molecule has 2 saturated heterocycles. The maximum Gasteiger partial charge on any atom is 0.426 e. The van der Waals surface area contributed by atoms with Gasteiger partial charge in [-0.3, -0.25) is 9.59 Å². The first-order chi connectivity index (χ1) is 17.8. The molecule has 2 amide bonds. The van der Waals surface area contributed by atoms with Crippen LogP contribution in [0.3, 0.4) is 0 Å². The Morgan fingerprint density at radius 2 is 1.84 bits per heavy atom. The van der Waals surface area contributed by atoms with E-state index in [9.17, 15) is 31.5 Å². The van der Waals surface area contributed by atoms with Crippen LogP contribution in [-0.4, -0.2) is 66.2 Å². The minimum absolute atomic E-state index is 0.0474. The molecule has 0 aliphatic carbocycles. The molecule has 3 unspecified atom stereocenters. The summed E-state index contributed by atoms with van der Waals surface area (Å²) >= 11 is 6.05. The number of rotatable bonds is 4. The number of alkyl halides is 5. The molecule has 3 aliphatic rings. The first-order valence-electron chi connectivity index (χ1n) is 12.3. The van der Waals surface area contributed by atoms with Gasteiger partial charge in [-0.25, -0.2) is 8.78 Å². The van der Waals surface area contributed by atoms with Gasteiger partial charge in [-0.1, -0.05) is 35.9 Å². The molecule has 2 aromatic carbocycles. The largest absolute Gasteiger partial charge is 0.491 e. The second-order valence-corrected chi connectivity index (χ2v) is 10.9. The summed E-state index contributed by atoms with van der Waals surface area (Å²) in [5, 5.41) is 0.534. The van der Waals surface area contributed by atoms with Gasteiger partial charge in [0, 0.05) is 41.6 Å². The number of amides is 2. The van der Waals surface area contributed by atoms with Crippen molar-refractivity contribution in [2.24, 2.45) is 0 Å². The predicted octanol–water partition coefficient (Wildman–Crippen LogP) is 5.13. The molecule has 0 radical (unpaired) electrons. The van der Waals surface area contributed by atoms with Crippen LogP contribution < -0.4 is 4.74 Å². The number of hydrogen-bond donors (Lipinski definition) is 0. The molecule has 5 atom stereocenters. The van der Waals surface area contributed by atoms with Gasteiger partial charge in [0.25, 0.3) is 5.91 Å². The molecular formula is C27H26ClF5N2O3. The Morgan fingerprint density at radius 3 is 2.45 bits per heavy atom. The van der Waals surface area contributed by atoms with Crippen LogP contribution in [0.4, 0.5) is 22.0 Å². The van der Waals surface area contributed by atoms with Crippen LogP contribution in [0.15, 0.2) is 42.5 Å². The summed E-state index contributed by atoms with van der Waals surface area (Å²) in [6.45, 7) is 0.700. The van der Waals surface area contributed by atoms with Crippen molar-refractivity contribution in [1.82, 2.24) is 9.80 Å². The van der Waals surface area contributed by atoms with Gasteiger partial charge in [-0.05, 0) is 43.5 Å². The number of fused-ring (bicyclic) bond motifs is 3. The predicted molar refractivity (Wildman–Crippen MR) is 129 cm³/mol. The Labute approximate surface area is 221 Å². The minimum atomic E-state index is -5.12. The van der Waals surface area contributed by atoms with E-state index in [1.165, 1.54) is 13.1 Å². The molecule has 0 saturated carbocycles. The van der Waals surface area contributed by atoms with Crippen molar-refractivity contribution in [3.8, 4) is 5.75 Å². The van der Waals surface area contributed by atoms with Gasteiger partial charge in [-0.2, -0.15) is 13.2 Å². The smallest absolute Gasteiger partial charge is 0.426 e. The molecule has 3 heterocycles. The summed E-state index contributed by atoms with van der Waals surface area (Å²) in [6.07, 6.45) is -6.26. The van der Waals surface area contributed by atoms with Crippen LogP contribution in [0.1, 0.15) is 36.5 Å². The molecule has 0 bridgehead atoms. The average molecular weight is 557 g/mol. The fourth-order valence-electron chi connectivity index (χ4n) is 6.00. The lowest BCUT2D eigenvalue weighted by Crippen LogP contribution is -2.55. The fraction of sp³-hybridized carbons (Fsp3) is 0.481. The first kappa shape index (κ1) is 26.7. The lowest BCUT2D eigenvalue weighted by molar-refractivity contribution is -0.228. The number of likely N-dealkylation sites (N-methyl/N-ethyl adjacent to an activating group) is 1. The number of hydrogen-bond acceptors (Lipinski definition) is 3. The molecule has 0 N–H and O–H groups in total. The third-order valence-corrected chi connectivity index (χ3v) is 8.57. The van der Waals surface area contributed by atoms with E-state index in [2.05, 4.69) is 0 Å². The highest BCUT2D eigenvalue weighted by atomic mass is 35.5. The molecular weight excluding hydrogens is 531 g/mol. The Kier molecular flexibility index (Phi) is 6.40. The number of carbonyl (C=O) groups excluding carboxylic acids is 2. The topological polar surface area (TPSA) is 49.9 Å². The van der Waals surface area contributed by atoms with E-state index >= 15 is 0 Å². The highest BCUT2D eigenvalue weighted by Gasteiger charge is 2.57. The zero-order valence-electron chi connectivity index (χ0n) is 20.7. The highest BCUT2D eigenvalue weighted by Crippen LogP contribution is 2.52. The molecule has 38 heavy (non-hydrogen) atoms. The van der Waals surface area contributed by atoms with Crippen molar-refractivity contribution in [3.63, 3.8) is 0 Å². The van der Waals surface area contributed by atoms with Crippen LogP contribution in [-0.2, 0) is 27.1 Å². The van der Waals surface area contributed by atoms with Gasteiger partial charge in [0.15, 0.2) is 6.17 Å². The van der Waals surface area contributed by atoms with E-state index in [0.29, 0.717) is 30.4 Å². The van der Waals surface area contributed by atoms with E-state index < -0.39 is 52.9 Å². The second-order valence-electron chi connectivity index (χ2n) is 10.4. The molecule has 0 spiro atoms. The van der Waals surface area contributed by atoms with Crippen LogP contribution >= 0.6 is 11.6 Å². The fourth-order valence-corrected chi connectivity index (χ4v) is 6.13. The molecule has 0 aromatic heterocycles. The zero-order valence-corrected chi connectivity index (χ0v) is 21.5. The number of benzene rings is 2. The zero-order chi connectivity index (χ0) is 27.6. The Bertz CT molecular complexity index is 1270. The number of likely N-dealkylation sites (tertiary alicyclic amines) is 2. The van der Waals surface area contributed by atoms with E-state index in [0.717, 1.165) is 22.6 Å². The normalized spacial score (nSPS) is 28.5. The summed E-state index contributed by atoms with van der Waals surface area (Å²) in [5.74, 6) is -1.01. The average Bonchev–Trinajstić information content (AvgIpc) is 3.37. The van der Waals surface area contributed by atoms with Crippen LogP contribution in [0.25, 0.3) is 0 Å². The van der Waals surface area contributed by atoms with Crippen molar-refractivity contribution in [3.05, 3.63) is 64.2 Å². The number of carbonyl (C=O) groups is 2. The van der Waals surface area contributed by atoms with Gasteiger partial charge in [0.1, 0.15) is 18.4 Å². The van der Waals surface area contributed by atoms with Crippen LogP contribution in [0, 0.1) is 0 Å². The number of halogens is 6. The number of ether oxygens (including phenoxy) is 1. The quantitative estimate of drug-likeness (QED) is 0.491. The standard InChI is InChI=1S/C27H26ClF5N2O3/c1-25(30,27(31,32)33)16-5-8-18-21(11-16)38-14-22-26(18,13-15-3-6-17(28)7-4-15)9-10-35(22)24(37)20-12-19(29)23(36)34(20)2/h3-8,11,19-20,22H,9-10,12-14H2,1-2H3/t19-,20-,22?,25?,26?/m0/s1. The highest BCUT2D eigenvalue weighted by molar-refractivity contribution is 6.30. The van der Waals surface area contributed by atoms with Gasteiger partial charge in [0.2, 0.25) is 11.6 Å². The third-order valence-electron chi connectivity index (χ3n) is 8.32. The van der Waals surface area contributed by atoms with Crippen molar-refractivity contribution in [2.75, 3.05) is 20.2 Å². The van der Waals surface area contributed by atoms with Crippen molar-refractivity contribution >= 4 is 23.4 Å². The summed E-state index contributed by atoms with van der Waals surface area (Å²) in [7, 11) is 1.39. The molecule has 5 nitrogen and oxygen atoms in total. The summed E-state index contributed by atoms with van der Waals surface area (Å²) in [5.41, 5.74) is -3.47. The Balaban J connectivity index is 1.55. The summed E-state index contributed by atoms with van der Waals surface area (Å²) in [6, 6.07) is 9.28. The molecule has 2 fully saturated rings. The maximum absolute atomic E-state index is 14.8. The van der Waals surface area contributed by atoms with Crippen LogP contribution in [0.5, 0.6) is 5.75 Å². The van der Waals surface area contributed by atoms with E-state index in [1.54, 1.807) is 17.0 Å². The van der Waals surface area contributed by atoms with Gasteiger partial charge in [0.05, 0.1) is 6.04 Å².